The van der Waals surface area contributed by atoms with Gasteiger partial charge in [-0.3, -0.25) is 4.79 Å². The Morgan fingerprint density at radius 1 is 1.04 bits per heavy atom. The minimum Gasteiger partial charge on any atom is -0.326 e. The van der Waals surface area contributed by atoms with Gasteiger partial charge in [-0.15, -0.1) is 0 Å². The van der Waals surface area contributed by atoms with Crippen LogP contribution in [0.4, 0.5) is 5.69 Å². The van der Waals surface area contributed by atoms with Gasteiger partial charge in [-0.25, -0.2) is 0 Å². The summed E-state index contributed by atoms with van der Waals surface area (Å²) in [6, 6.07) is 20.0. The fourth-order valence-electron chi connectivity index (χ4n) is 2.74. The van der Waals surface area contributed by atoms with Gasteiger partial charge in [0.15, 0.2) is 0 Å². The number of amides is 1. The number of carbonyl (C=O) groups is 1. The molecule has 3 heteroatoms. The van der Waals surface area contributed by atoms with Crippen molar-refractivity contribution in [1.82, 2.24) is 0 Å². The molecular formula is C20H18ClNO. The van der Waals surface area contributed by atoms with Crippen LogP contribution in [0.1, 0.15) is 17.5 Å². The molecule has 1 N–H and O–H groups in total. The maximum atomic E-state index is 12.2. The summed E-state index contributed by atoms with van der Waals surface area (Å²) in [6.45, 7) is 1.94. The van der Waals surface area contributed by atoms with Crippen LogP contribution >= 0.6 is 11.6 Å². The fourth-order valence-corrected chi connectivity index (χ4v) is 2.97. The molecule has 1 amide bonds. The van der Waals surface area contributed by atoms with E-state index >= 15 is 0 Å². The lowest BCUT2D eigenvalue weighted by molar-refractivity contribution is -0.116. The number of anilines is 1. The van der Waals surface area contributed by atoms with Gasteiger partial charge in [0.1, 0.15) is 0 Å². The predicted octanol–water partition coefficient (Wildman–Crippen LogP) is 5.37. The molecule has 3 aromatic rings. The summed E-state index contributed by atoms with van der Waals surface area (Å²) in [4.78, 5) is 12.2. The Balaban J connectivity index is 1.69. The van der Waals surface area contributed by atoms with Crippen molar-refractivity contribution in [3.63, 3.8) is 0 Å². The fraction of sp³-hybridized carbons (Fsp3) is 0.150. The van der Waals surface area contributed by atoms with E-state index in [1.165, 1.54) is 16.3 Å². The smallest absolute Gasteiger partial charge is 0.224 e. The standard InChI is InChI=1S/C20H18ClNO/c1-14-13-17(21)10-11-19(14)22-20(23)12-9-16-7-4-6-15-5-2-3-8-18(15)16/h2-8,10-11,13H,9,12H2,1H3,(H,22,23). The van der Waals surface area contributed by atoms with Crippen LogP contribution in [-0.4, -0.2) is 5.91 Å². The van der Waals surface area contributed by atoms with Crippen molar-refractivity contribution in [1.29, 1.82) is 0 Å². The van der Waals surface area contributed by atoms with Crippen LogP contribution < -0.4 is 5.32 Å². The van der Waals surface area contributed by atoms with E-state index in [1.807, 2.05) is 37.3 Å². The summed E-state index contributed by atoms with van der Waals surface area (Å²) < 4.78 is 0. The Morgan fingerprint density at radius 3 is 2.65 bits per heavy atom. The van der Waals surface area contributed by atoms with Crippen molar-refractivity contribution in [2.24, 2.45) is 0 Å². The first-order chi connectivity index (χ1) is 11.1. The van der Waals surface area contributed by atoms with E-state index in [4.69, 9.17) is 11.6 Å². The highest BCUT2D eigenvalue weighted by molar-refractivity contribution is 6.30. The van der Waals surface area contributed by atoms with E-state index < -0.39 is 0 Å². The van der Waals surface area contributed by atoms with Gasteiger partial charge in [0.05, 0.1) is 0 Å². The van der Waals surface area contributed by atoms with Gasteiger partial charge in [-0.05, 0) is 53.4 Å². The molecule has 0 aliphatic carbocycles. The number of halogens is 1. The van der Waals surface area contributed by atoms with E-state index in [1.54, 1.807) is 6.07 Å². The molecule has 2 nitrogen and oxygen atoms in total. The second-order valence-corrected chi connectivity index (χ2v) is 6.08. The van der Waals surface area contributed by atoms with Crippen LogP contribution in [0.15, 0.2) is 60.7 Å². The Kier molecular flexibility index (Phi) is 4.63. The summed E-state index contributed by atoms with van der Waals surface area (Å²) in [7, 11) is 0. The zero-order chi connectivity index (χ0) is 16.2. The van der Waals surface area contributed by atoms with E-state index in [2.05, 4.69) is 29.6 Å². The molecule has 0 saturated carbocycles. The first-order valence-electron chi connectivity index (χ1n) is 7.66. The van der Waals surface area contributed by atoms with Crippen LogP contribution in [0.25, 0.3) is 10.8 Å². The van der Waals surface area contributed by atoms with E-state index in [-0.39, 0.29) is 5.91 Å². The van der Waals surface area contributed by atoms with E-state index in [0.717, 1.165) is 17.7 Å². The summed E-state index contributed by atoms with van der Waals surface area (Å²) in [5.74, 6) is 0.0170. The topological polar surface area (TPSA) is 29.1 Å². The lowest BCUT2D eigenvalue weighted by Crippen LogP contribution is -2.13. The molecule has 23 heavy (non-hydrogen) atoms. The van der Waals surface area contributed by atoms with Gasteiger partial charge in [0, 0.05) is 17.1 Å². The SMILES string of the molecule is Cc1cc(Cl)ccc1NC(=O)CCc1cccc2ccccc12. The molecule has 0 atom stereocenters. The van der Waals surface area contributed by atoms with Crippen molar-refractivity contribution in [2.75, 3.05) is 5.32 Å². The lowest BCUT2D eigenvalue weighted by Gasteiger charge is -2.10. The molecule has 0 fully saturated rings. The Hall–Kier alpha value is -2.32. The summed E-state index contributed by atoms with van der Waals surface area (Å²) in [5.41, 5.74) is 2.99. The second kappa shape index (κ2) is 6.84. The zero-order valence-electron chi connectivity index (χ0n) is 13.0. The van der Waals surface area contributed by atoms with E-state index in [0.29, 0.717) is 11.4 Å². The molecule has 0 spiro atoms. The quantitative estimate of drug-likeness (QED) is 0.686. The molecule has 0 radical (unpaired) electrons. The number of rotatable bonds is 4. The van der Waals surface area contributed by atoms with Gasteiger partial charge in [0.25, 0.3) is 0 Å². The number of fused-ring (bicyclic) bond motifs is 1. The summed E-state index contributed by atoms with van der Waals surface area (Å²) >= 11 is 5.94. The largest absolute Gasteiger partial charge is 0.326 e. The molecule has 116 valence electrons. The van der Waals surface area contributed by atoms with Crippen LogP contribution in [-0.2, 0) is 11.2 Å². The molecule has 3 aromatic carbocycles. The van der Waals surface area contributed by atoms with Crippen LogP contribution in [0, 0.1) is 6.92 Å². The van der Waals surface area contributed by atoms with Gasteiger partial charge >= 0.3 is 0 Å². The number of carbonyl (C=O) groups excluding carboxylic acids is 1. The average molecular weight is 324 g/mol. The third-order valence-corrected chi connectivity index (χ3v) is 4.20. The van der Waals surface area contributed by atoms with Crippen molar-refractivity contribution >= 4 is 34.0 Å². The van der Waals surface area contributed by atoms with Crippen LogP contribution in [0.3, 0.4) is 0 Å². The molecule has 3 rings (SSSR count). The summed E-state index contributed by atoms with van der Waals surface area (Å²) in [5, 5.41) is 6.06. The van der Waals surface area contributed by atoms with Gasteiger partial charge < -0.3 is 5.32 Å². The van der Waals surface area contributed by atoms with Gasteiger partial charge in [-0.1, -0.05) is 54.1 Å². The highest BCUT2D eigenvalue weighted by Crippen LogP contribution is 2.21. The molecule has 0 heterocycles. The third-order valence-electron chi connectivity index (χ3n) is 3.96. The Bertz CT molecular complexity index is 852. The number of aryl methyl sites for hydroxylation is 2. The number of nitrogens with one attached hydrogen (secondary N) is 1. The van der Waals surface area contributed by atoms with Crippen molar-refractivity contribution in [3.8, 4) is 0 Å². The highest BCUT2D eigenvalue weighted by Gasteiger charge is 2.07. The first kappa shape index (κ1) is 15.6. The number of hydrogen-bond donors (Lipinski definition) is 1. The molecule has 0 aliphatic heterocycles. The second-order valence-electron chi connectivity index (χ2n) is 5.65. The summed E-state index contributed by atoms with van der Waals surface area (Å²) in [6.07, 6.45) is 1.18. The minimum absolute atomic E-state index is 0.0170. The maximum absolute atomic E-state index is 12.2. The monoisotopic (exact) mass is 323 g/mol. The molecular weight excluding hydrogens is 306 g/mol. The minimum atomic E-state index is 0.0170. The molecule has 0 saturated heterocycles. The van der Waals surface area contributed by atoms with Crippen molar-refractivity contribution in [2.45, 2.75) is 19.8 Å². The molecule has 0 aromatic heterocycles. The van der Waals surface area contributed by atoms with Crippen molar-refractivity contribution < 1.29 is 4.79 Å². The molecule has 0 unspecified atom stereocenters. The first-order valence-corrected chi connectivity index (χ1v) is 8.04. The maximum Gasteiger partial charge on any atom is 0.224 e. The highest BCUT2D eigenvalue weighted by atomic mass is 35.5. The molecule has 0 aliphatic rings. The van der Waals surface area contributed by atoms with E-state index in [9.17, 15) is 4.79 Å². The molecule has 0 bridgehead atoms. The van der Waals surface area contributed by atoms with Gasteiger partial charge in [0.2, 0.25) is 5.91 Å². The predicted molar refractivity (Wildman–Crippen MR) is 97.1 cm³/mol. The number of hydrogen-bond acceptors (Lipinski definition) is 1. The third kappa shape index (κ3) is 3.72. The Morgan fingerprint density at radius 2 is 1.83 bits per heavy atom. The normalized spacial score (nSPS) is 10.7. The van der Waals surface area contributed by atoms with Crippen LogP contribution in [0.5, 0.6) is 0 Å². The lowest BCUT2D eigenvalue weighted by atomic mass is 10.0. The van der Waals surface area contributed by atoms with Crippen molar-refractivity contribution in [3.05, 3.63) is 76.8 Å². The zero-order valence-corrected chi connectivity index (χ0v) is 13.7. The number of benzene rings is 3. The Labute approximate surface area is 141 Å². The van der Waals surface area contributed by atoms with Gasteiger partial charge in [-0.2, -0.15) is 0 Å². The van der Waals surface area contributed by atoms with Crippen LogP contribution in [0.2, 0.25) is 5.02 Å². The average Bonchev–Trinajstić information content (AvgIpc) is 2.55.